The summed E-state index contributed by atoms with van der Waals surface area (Å²) in [6, 6.07) is 1.96. The van der Waals surface area contributed by atoms with Crippen molar-refractivity contribution in [1.82, 2.24) is 5.32 Å². The van der Waals surface area contributed by atoms with E-state index in [1.165, 1.54) is 0 Å². The summed E-state index contributed by atoms with van der Waals surface area (Å²) in [6.45, 7) is 5.98. The van der Waals surface area contributed by atoms with Crippen molar-refractivity contribution in [3.05, 3.63) is 45.0 Å². The van der Waals surface area contributed by atoms with Crippen LogP contribution in [0.5, 0.6) is 0 Å². The summed E-state index contributed by atoms with van der Waals surface area (Å²) in [7, 11) is 0. The van der Waals surface area contributed by atoms with Crippen LogP contribution < -0.4 is 10.9 Å². The summed E-state index contributed by atoms with van der Waals surface area (Å²) in [5.41, 5.74) is 3.83. The molecule has 0 aliphatic heterocycles. The summed E-state index contributed by atoms with van der Waals surface area (Å²) in [5, 5.41) is 13.1. The van der Waals surface area contributed by atoms with E-state index in [9.17, 15) is 14.4 Å². The van der Waals surface area contributed by atoms with E-state index in [1.54, 1.807) is 6.26 Å². The number of hydrogen-bond donors (Lipinski definition) is 2. The van der Waals surface area contributed by atoms with E-state index >= 15 is 0 Å². The predicted molar refractivity (Wildman–Crippen MR) is 105 cm³/mol. The molecule has 3 rings (SSSR count). The third-order valence-electron chi connectivity index (χ3n) is 5.03. The number of carboxylic acid groups (broad SMARTS) is 1. The number of fused-ring (bicyclic) bond motifs is 2. The first-order valence-corrected chi connectivity index (χ1v) is 9.21. The molecule has 7 heteroatoms. The van der Waals surface area contributed by atoms with Gasteiger partial charge in [-0.25, -0.2) is 4.79 Å². The molecule has 1 aromatic carbocycles. The molecule has 0 aliphatic carbocycles. The van der Waals surface area contributed by atoms with Crippen LogP contribution in [0.15, 0.2) is 26.0 Å². The summed E-state index contributed by atoms with van der Waals surface area (Å²) in [5.74, 6) is -1.11. The number of hydrogen-bond acceptors (Lipinski definition) is 5. The molecule has 0 radical (unpaired) electrons. The molecule has 0 saturated carbocycles. The summed E-state index contributed by atoms with van der Waals surface area (Å²) in [4.78, 5) is 35.0. The lowest BCUT2D eigenvalue weighted by Crippen LogP contribution is -2.26. The van der Waals surface area contributed by atoms with Gasteiger partial charge in [0.05, 0.1) is 6.26 Å². The van der Waals surface area contributed by atoms with Crippen LogP contribution in [-0.2, 0) is 16.0 Å². The topological polar surface area (TPSA) is 110 Å². The van der Waals surface area contributed by atoms with Gasteiger partial charge < -0.3 is 19.3 Å². The molecule has 0 aliphatic rings. The number of amides is 1. The number of nitrogens with one attached hydrogen (secondary N) is 1. The van der Waals surface area contributed by atoms with Crippen LogP contribution in [0.1, 0.15) is 41.5 Å². The van der Waals surface area contributed by atoms with Crippen molar-refractivity contribution in [3.8, 4) is 0 Å². The Morgan fingerprint density at radius 3 is 2.54 bits per heavy atom. The van der Waals surface area contributed by atoms with E-state index < -0.39 is 11.6 Å². The van der Waals surface area contributed by atoms with E-state index in [0.29, 0.717) is 29.7 Å². The highest BCUT2D eigenvalue weighted by molar-refractivity contribution is 5.99. The minimum absolute atomic E-state index is 0.00883. The minimum atomic E-state index is -0.893. The molecule has 0 spiro atoms. The van der Waals surface area contributed by atoms with Gasteiger partial charge in [0.1, 0.15) is 11.2 Å². The van der Waals surface area contributed by atoms with Gasteiger partial charge in [-0.15, -0.1) is 0 Å². The summed E-state index contributed by atoms with van der Waals surface area (Å²) >= 11 is 0. The Hall–Kier alpha value is -3.09. The molecule has 2 aromatic heterocycles. The largest absolute Gasteiger partial charge is 0.481 e. The Bertz CT molecular complexity index is 1120. The van der Waals surface area contributed by atoms with Gasteiger partial charge in [0.2, 0.25) is 5.91 Å². The molecule has 0 atom stereocenters. The average molecular weight is 385 g/mol. The van der Waals surface area contributed by atoms with Crippen LogP contribution in [0, 0.1) is 20.8 Å². The monoisotopic (exact) mass is 385 g/mol. The molecule has 0 fully saturated rings. The van der Waals surface area contributed by atoms with E-state index in [1.807, 2.05) is 26.8 Å². The van der Waals surface area contributed by atoms with Gasteiger partial charge in [-0.2, -0.15) is 0 Å². The zero-order valence-electron chi connectivity index (χ0n) is 16.2. The maximum absolute atomic E-state index is 12.5. The van der Waals surface area contributed by atoms with Gasteiger partial charge in [-0.1, -0.05) is 0 Å². The van der Waals surface area contributed by atoms with Crippen molar-refractivity contribution < 1.29 is 23.5 Å². The summed E-state index contributed by atoms with van der Waals surface area (Å²) < 4.78 is 11.2. The second kappa shape index (κ2) is 7.88. The van der Waals surface area contributed by atoms with Gasteiger partial charge in [-0.05, 0) is 50.8 Å². The number of carbonyl (C=O) groups excluding carboxylic acids is 1. The lowest BCUT2D eigenvalue weighted by Gasteiger charge is -2.10. The van der Waals surface area contributed by atoms with E-state index in [2.05, 4.69) is 5.32 Å². The fourth-order valence-corrected chi connectivity index (χ4v) is 3.40. The van der Waals surface area contributed by atoms with Crippen LogP contribution >= 0.6 is 0 Å². The lowest BCUT2D eigenvalue weighted by molar-refractivity contribution is -0.137. The summed E-state index contributed by atoms with van der Waals surface area (Å²) in [6.07, 6.45) is 2.46. The molecule has 7 nitrogen and oxygen atoms in total. The highest BCUT2D eigenvalue weighted by atomic mass is 16.4. The first-order chi connectivity index (χ1) is 13.3. The number of aryl methyl sites for hydroxylation is 3. The van der Waals surface area contributed by atoms with Crippen LogP contribution in [0.25, 0.3) is 21.9 Å². The standard InChI is InChI=1S/C21H23NO6/c1-11-10-27-19-13(3)20-16(9-15(11)19)12(2)14(21(26)28-20)6-7-17(23)22-8-4-5-18(24)25/h9-10H,4-8H2,1-3H3,(H,22,23)(H,24,25). The van der Waals surface area contributed by atoms with Crippen molar-refractivity contribution in [2.75, 3.05) is 6.54 Å². The van der Waals surface area contributed by atoms with Gasteiger partial charge >= 0.3 is 11.6 Å². The maximum Gasteiger partial charge on any atom is 0.339 e. The zero-order valence-corrected chi connectivity index (χ0v) is 16.2. The number of rotatable bonds is 7. The SMILES string of the molecule is Cc1coc2c(C)c3oc(=O)c(CCC(=O)NCCCC(=O)O)c(C)c3cc12. The molecule has 1 amide bonds. The Morgan fingerprint density at radius 2 is 1.82 bits per heavy atom. The molecule has 28 heavy (non-hydrogen) atoms. The van der Waals surface area contributed by atoms with Crippen LogP contribution in [0.3, 0.4) is 0 Å². The zero-order chi connectivity index (χ0) is 20.4. The van der Waals surface area contributed by atoms with Gasteiger partial charge in [0.15, 0.2) is 0 Å². The molecule has 0 saturated heterocycles. The van der Waals surface area contributed by atoms with Gasteiger partial charge in [-0.3, -0.25) is 9.59 Å². The lowest BCUT2D eigenvalue weighted by atomic mass is 9.98. The van der Waals surface area contributed by atoms with E-state index in [-0.39, 0.29) is 25.2 Å². The molecule has 0 unspecified atom stereocenters. The second-order valence-corrected chi connectivity index (χ2v) is 7.01. The Kier molecular flexibility index (Phi) is 5.53. The third-order valence-corrected chi connectivity index (χ3v) is 5.03. The minimum Gasteiger partial charge on any atom is -0.481 e. The number of carbonyl (C=O) groups is 2. The fourth-order valence-electron chi connectivity index (χ4n) is 3.40. The molecule has 2 N–H and O–H groups in total. The number of carboxylic acids is 1. The molecule has 0 bridgehead atoms. The predicted octanol–water partition coefficient (Wildman–Crippen LogP) is 3.38. The first kappa shape index (κ1) is 19.7. The first-order valence-electron chi connectivity index (χ1n) is 9.21. The number of aliphatic carboxylic acids is 1. The van der Waals surface area contributed by atoms with Crippen molar-refractivity contribution in [2.24, 2.45) is 0 Å². The van der Waals surface area contributed by atoms with Crippen molar-refractivity contribution in [1.29, 1.82) is 0 Å². The van der Waals surface area contributed by atoms with E-state index in [0.717, 1.165) is 27.5 Å². The molecule has 2 heterocycles. The van der Waals surface area contributed by atoms with Crippen LogP contribution in [-0.4, -0.2) is 23.5 Å². The van der Waals surface area contributed by atoms with Crippen LogP contribution in [0.4, 0.5) is 0 Å². The smallest absolute Gasteiger partial charge is 0.339 e. The molecule has 148 valence electrons. The van der Waals surface area contributed by atoms with E-state index in [4.69, 9.17) is 13.9 Å². The second-order valence-electron chi connectivity index (χ2n) is 7.01. The Morgan fingerprint density at radius 1 is 1.07 bits per heavy atom. The maximum atomic E-state index is 12.5. The number of furan rings is 1. The normalized spacial score (nSPS) is 11.2. The Labute approximate surface area is 161 Å². The van der Waals surface area contributed by atoms with Crippen molar-refractivity contribution in [2.45, 2.75) is 46.5 Å². The van der Waals surface area contributed by atoms with Gasteiger partial charge in [0, 0.05) is 41.3 Å². The highest BCUT2D eigenvalue weighted by Crippen LogP contribution is 2.32. The molecule has 3 aromatic rings. The number of benzene rings is 1. The van der Waals surface area contributed by atoms with Gasteiger partial charge in [0.25, 0.3) is 0 Å². The third kappa shape index (κ3) is 3.78. The Balaban J connectivity index is 1.83. The van der Waals surface area contributed by atoms with Crippen LogP contribution in [0.2, 0.25) is 0 Å². The molecular formula is C21H23NO6. The molecular weight excluding hydrogens is 362 g/mol. The quantitative estimate of drug-likeness (QED) is 0.477. The van der Waals surface area contributed by atoms with Crippen molar-refractivity contribution >= 4 is 33.8 Å². The average Bonchev–Trinajstić information content (AvgIpc) is 3.01. The van der Waals surface area contributed by atoms with Crippen molar-refractivity contribution in [3.63, 3.8) is 0 Å². The fraction of sp³-hybridized carbons (Fsp3) is 0.381. The highest BCUT2D eigenvalue weighted by Gasteiger charge is 2.18.